The fourth-order valence-corrected chi connectivity index (χ4v) is 1.31. The molecule has 0 unspecified atom stereocenters. The lowest BCUT2D eigenvalue weighted by atomic mass is 10.4. The number of rotatable bonds is 0. The van der Waals surface area contributed by atoms with Gasteiger partial charge in [0, 0.05) is 0 Å². The molecule has 0 N–H and O–H groups in total. The second-order valence-corrected chi connectivity index (χ2v) is 8.92. The normalized spacial score (nSPS) is 10.6. The highest BCUT2D eigenvalue weighted by Gasteiger charge is 2.09. The second-order valence-electron chi connectivity index (χ2n) is 3.84. The lowest BCUT2D eigenvalue weighted by molar-refractivity contribution is 0.609. The van der Waals surface area contributed by atoms with Crippen LogP contribution in [0.1, 0.15) is 5.69 Å². The molecule has 0 bridgehead atoms. The van der Waals surface area contributed by atoms with Crippen LogP contribution in [0.15, 0.2) is 6.20 Å². The molecular formula is C9H10ClFN2Si. The summed E-state index contributed by atoms with van der Waals surface area (Å²) < 4.78 is 13.1. The molecule has 0 atom stereocenters. The van der Waals surface area contributed by atoms with Crippen molar-refractivity contribution in [3.8, 4) is 11.5 Å². The van der Waals surface area contributed by atoms with Crippen molar-refractivity contribution in [2.75, 3.05) is 0 Å². The zero-order chi connectivity index (χ0) is 10.8. The molecule has 1 rings (SSSR count). The first-order valence-corrected chi connectivity index (χ1v) is 7.97. The Morgan fingerprint density at radius 3 is 2.64 bits per heavy atom. The van der Waals surface area contributed by atoms with Crippen molar-refractivity contribution < 1.29 is 4.39 Å². The highest BCUT2D eigenvalue weighted by atomic mass is 35.5. The second kappa shape index (κ2) is 4.07. The van der Waals surface area contributed by atoms with Gasteiger partial charge in [0.25, 0.3) is 0 Å². The number of aromatic nitrogens is 2. The molecule has 0 spiro atoms. The highest BCUT2D eigenvalue weighted by molar-refractivity contribution is 6.83. The van der Waals surface area contributed by atoms with Gasteiger partial charge >= 0.3 is 0 Å². The first-order valence-electron chi connectivity index (χ1n) is 4.10. The lowest BCUT2D eigenvalue weighted by Crippen LogP contribution is -2.16. The molecule has 1 aromatic heterocycles. The predicted octanol–water partition coefficient (Wildman–Crippen LogP) is 2.50. The van der Waals surface area contributed by atoms with Crippen molar-refractivity contribution in [2.24, 2.45) is 0 Å². The third-order valence-electron chi connectivity index (χ3n) is 1.27. The van der Waals surface area contributed by atoms with Crippen LogP contribution in [0, 0.1) is 17.3 Å². The van der Waals surface area contributed by atoms with Gasteiger partial charge in [0.15, 0.2) is 11.5 Å². The van der Waals surface area contributed by atoms with Gasteiger partial charge in [-0.05, 0) is 11.6 Å². The maximum Gasteiger partial charge on any atom is 0.223 e. The zero-order valence-corrected chi connectivity index (χ0v) is 9.98. The van der Waals surface area contributed by atoms with Crippen molar-refractivity contribution in [3.63, 3.8) is 0 Å². The summed E-state index contributed by atoms with van der Waals surface area (Å²) in [5, 5.41) is 0.0197. The molecule has 0 saturated carbocycles. The average molecular weight is 229 g/mol. The van der Waals surface area contributed by atoms with E-state index in [0.29, 0.717) is 0 Å². The summed E-state index contributed by atoms with van der Waals surface area (Å²) >= 11 is 5.52. The van der Waals surface area contributed by atoms with E-state index in [9.17, 15) is 4.39 Å². The minimum Gasteiger partial charge on any atom is -0.223 e. The number of nitrogens with zero attached hydrogens (tertiary/aromatic N) is 2. The largest absolute Gasteiger partial charge is 0.223 e. The van der Waals surface area contributed by atoms with Crippen LogP contribution >= 0.6 is 11.6 Å². The van der Waals surface area contributed by atoms with Gasteiger partial charge in [-0.15, -0.1) is 5.54 Å². The average Bonchev–Trinajstić information content (AvgIpc) is 2.05. The molecule has 0 aromatic carbocycles. The fraction of sp³-hybridized carbons (Fsp3) is 0.333. The van der Waals surface area contributed by atoms with Crippen molar-refractivity contribution in [1.29, 1.82) is 0 Å². The molecule has 1 heterocycles. The van der Waals surface area contributed by atoms with E-state index < -0.39 is 13.9 Å². The zero-order valence-electron chi connectivity index (χ0n) is 8.23. The van der Waals surface area contributed by atoms with E-state index in [4.69, 9.17) is 11.6 Å². The maximum atomic E-state index is 13.1. The van der Waals surface area contributed by atoms with Gasteiger partial charge in [0.05, 0.1) is 6.20 Å². The Labute approximate surface area is 88.5 Å². The van der Waals surface area contributed by atoms with Crippen molar-refractivity contribution >= 4 is 19.7 Å². The van der Waals surface area contributed by atoms with E-state index in [1.165, 1.54) is 0 Å². The van der Waals surface area contributed by atoms with Crippen molar-refractivity contribution in [2.45, 2.75) is 19.6 Å². The first kappa shape index (κ1) is 11.2. The smallest absolute Gasteiger partial charge is 0.223 e. The van der Waals surface area contributed by atoms with Crippen LogP contribution in [0.5, 0.6) is 0 Å². The molecule has 2 nitrogen and oxygen atoms in total. The van der Waals surface area contributed by atoms with Gasteiger partial charge in [0.2, 0.25) is 5.28 Å². The Balaban J connectivity index is 3.06. The Morgan fingerprint density at radius 1 is 1.43 bits per heavy atom. The van der Waals surface area contributed by atoms with Crippen molar-refractivity contribution in [1.82, 2.24) is 9.97 Å². The molecule has 0 aliphatic heterocycles. The summed E-state index contributed by atoms with van der Waals surface area (Å²) in [6.45, 7) is 6.21. The monoisotopic (exact) mass is 228 g/mol. The molecule has 0 aliphatic rings. The standard InChI is InChI=1S/C9H10ClFN2Si/c1-14(2,3)5-4-8-7(11)6-12-9(10)13-8/h6H,1-3H3. The Hall–Kier alpha value is -0.923. The van der Waals surface area contributed by atoms with Crippen molar-refractivity contribution in [3.05, 3.63) is 23.0 Å². The van der Waals surface area contributed by atoms with Crippen LogP contribution in [0.4, 0.5) is 4.39 Å². The van der Waals surface area contributed by atoms with Gasteiger partial charge in [-0.1, -0.05) is 25.6 Å². The molecule has 0 fully saturated rings. The van der Waals surface area contributed by atoms with E-state index >= 15 is 0 Å². The van der Waals surface area contributed by atoms with Crippen LogP contribution in [0.25, 0.3) is 0 Å². The third kappa shape index (κ3) is 3.44. The lowest BCUT2D eigenvalue weighted by Gasteiger charge is -2.03. The van der Waals surface area contributed by atoms with Crippen LogP contribution in [-0.4, -0.2) is 18.0 Å². The van der Waals surface area contributed by atoms with E-state index in [0.717, 1.165) is 6.20 Å². The molecule has 0 aliphatic carbocycles. The van der Waals surface area contributed by atoms with E-state index in [1.54, 1.807) is 0 Å². The summed E-state index contributed by atoms with van der Waals surface area (Å²) in [4.78, 5) is 7.21. The van der Waals surface area contributed by atoms with Gasteiger partial charge < -0.3 is 0 Å². The molecule has 74 valence electrons. The fourth-order valence-electron chi connectivity index (χ4n) is 0.680. The topological polar surface area (TPSA) is 25.8 Å². The molecule has 0 amide bonds. The summed E-state index contributed by atoms with van der Waals surface area (Å²) in [6.07, 6.45) is 1.03. The Morgan fingerprint density at radius 2 is 2.07 bits per heavy atom. The van der Waals surface area contributed by atoms with Gasteiger partial charge in [-0.2, -0.15) is 0 Å². The number of halogens is 2. The molecule has 0 saturated heterocycles. The number of hydrogen-bond donors (Lipinski definition) is 0. The molecule has 1 aromatic rings. The van der Waals surface area contributed by atoms with Crippen LogP contribution in [0.3, 0.4) is 0 Å². The molecule has 0 radical (unpaired) electrons. The molecule has 14 heavy (non-hydrogen) atoms. The third-order valence-corrected chi connectivity index (χ3v) is 2.33. The van der Waals surface area contributed by atoms with Gasteiger partial charge in [0.1, 0.15) is 8.07 Å². The maximum absolute atomic E-state index is 13.1. The van der Waals surface area contributed by atoms with Gasteiger partial charge in [-0.3, -0.25) is 0 Å². The van der Waals surface area contributed by atoms with E-state index in [1.807, 2.05) is 0 Å². The Bertz CT molecular complexity index is 403. The quantitative estimate of drug-likeness (QED) is 0.387. The minimum atomic E-state index is -1.51. The first-order chi connectivity index (χ1) is 6.38. The van der Waals surface area contributed by atoms with E-state index in [-0.39, 0.29) is 11.0 Å². The SMILES string of the molecule is C[Si](C)(C)C#Cc1nc(Cl)ncc1F. The Kier molecular flexibility index (Phi) is 3.24. The molecule has 5 heteroatoms. The summed E-state index contributed by atoms with van der Waals surface area (Å²) in [5.74, 6) is 2.17. The highest BCUT2D eigenvalue weighted by Crippen LogP contribution is 2.06. The van der Waals surface area contributed by atoms with Gasteiger partial charge in [-0.25, -0.2) is 14.4 Å². The van der Waals surface area contributed by atoms with E-state index in [2.05, 4.69) is 41.1 Å². The summed E-state index contributed by atoms with van der Waals surface area (Å²) in [5.41, 5.74) is 3.08. The predicted molar refractivity (Wildman–Crippen MR) is 57.2 cm³/mol. The summed E-state index contributed by atoms with van der Waals surface area (Å²) in [6, 6.07) is 0. The number of hydrogen-bond acceptors (Lipinski definition) is 2. The summed E-state index contributed by atoms with van der Waals surface area (Å²) in [7, 11) is -1.51. The minimum absolute atomic E-state index is 0.0197. The van der Waals surface area contributed by atoms with Crippen LogP contribution in [0.2, 0.25) is 24.9 Å². The van der Waals surface area contributed by atoms with Crippen LogP contribution in [-0.2, 0) is 0 Å². The molecular weight excluding hydrogens is 219 g/mol. The van der Waals surface area contributed by atoms with Crippen LogP contribution < -0.4 is 0 Å².